The molecule has 0 saturated carbocycles. The molecule has 1 heterocycles. The molecule has 2 aromatic rings. The number of anilines is 1. The fourth-order valence-corrected chi connectivity index (χ4v) is 2.75. The molecule has 0 fully saturated rings. The van der Waals surface area contributed by atoms with E-state index in [0.29, 0.717) is 29.7 Å². The number of carbonyl (C=O) groups excluding carboxylic acids is 2. The van der Waals surface area contributed by atoms with Crippen molar-refractivity contribution in [2.24, 2.45) is 0 Å². The van der Waals surface area contributed by atoms with Crippen molar-refractivity contribution in [1.29, 1.82) is 0 Å². The molecule has 0 atom stereocenters. The first-order chi connectivity index (χ1) is 12.1. The van der Waals surface area contributed by atoms with Crippen LogP contribution in [-0.4, -0.2) is 33.8 Å². The van der Waals surface area contributed by atoms with Crippen molar-refractivity contribution in [3.63, 3.8) is 0 Å². The maximum atomic E-state index is 12.8. The summed E-state index contributed by atoms with van der Waals surface area (Å²) in [5, 5.41) is 0. The average Bonchev–Trinajstić information content (AvgIpc) is 2.79. The number of fused-ring (bicyclic) bond motifs is 1. The lowest BCUT2D eigenvalue weighted by Gasteiger charge is -2.19. The van der Waals surface area contributed by atoms with Crippen LogP contribution in [0, 0.1) is 0 Å². The van der Waals surface area contributed by atoms with Crippen LogP contribution in [0.1, 0.15) is 33.6 Å². The summed E-state index contributed by atoms with van der Waals surface area (Å²) < 4.78 is 12.8. The molecular weight excluding hydrogens is 338 g/mol. The summed E-state index contributed by atoms with van der Waals surface area (Å²) in [5.41, 5.74) is 6.57. The molecule has 8 heteroatoms. The Balaban J connectivity index is 2.37. The van der Waals surface area contributed by atoms with Crippen LogP contribution >= 0.6 is 0 Å². The lowest BCUT2D eigenvalue weighted by molar-refractivity contribution is -0.155. The van der Waals surface area contributed by atoms with Crippen molar-refractivity contribution in [3.8, 4) is 0 Å². The zero-order valence-electron chi connectivity index (χ0n) is 15.6. The summed E-state index contributed by atoms with van der Waals surface area (Å²) in [7, 11) is 1.32. The van der Waals surface area contributed by atoms with Gasteiger partial charge in [0.2, 0.25) is 0 Å². The van der Waals surface area contributed by atoms with E-state index in [4.69, 9.17) is 10.5 Å². The largest absolute Gasteiger partial charge is 0.469 e. The van der Waals surface area contributed by atoms with E-state index in [1.807, 2.05) is 0 Å². The Hall–Kier alpha value is -2.77. The monoisotopic (exact) mass is 363 g/mol. The Bertz CT molecular complexity index is 873. The van der Waals surface area contributed by atoms with E-state index in [9.17, 15) is 14.4 Å². The van der Waals surface area contributed by atoms with Crippen LogP contribution in [0.25, 0.3) is 11.0 Å². The number of ether oxygens (including phenoxy) is 2. The lowest BCUT2D eigenvalue weighted by Crippen LogP contribution is -2.31. The highest BCUT2D eigenvalue weighted by atomic mass is 16.6. The number of methoxy groups -OCH3 is 1. The van der Waals surface area contributed by atoms with Crippen LogP contribution in [0.3, 0.4) is 0 Å². The number of carbonyl (C=O) groups is 2. The molecule has 0 unspecified atom stereocenters. The molecule has 2 rings (SSSR count). The zero-order valence-corrected chi connectivity index (χ0v) is 15.6. The number of imidazole rings is 1. The second-order valence-corrected chi connectivity index (χ2v) is 7.00. The maximum Gasteiger partial charge on any atom is 0.329 e. The summed E-state index contributed by atoms with van der Waals surface area (Å²) >= 11 is 0. The van der Waals surface area contributed by atoms with Gasteiger partial charge in [0.15, 0.2) is 0 Å². The molecule has 1 aromatic heterocycles. The van der Waals surface area contributed by atoms with Gasteiger partial charge in [0.05, 0.1) is 23.8 Å². The molecular formula is C18H25N3O5. The van der Waals surface area contributed by atoms with Gasteiger partial charge in [-0.3, -0.25) is 18.7 Å². The quantitative estimate of drug-likeness (QED) is 0.618. The summed E-state index contributed by atoms with van der Waals surface area (Å²) in [6, 6.07) is 5.14. The van der Waals surface area contributed by atoms with Crippen molar-refractivity contribution < 1.29 is 19.1 Å². The number of nitrogens with zero attached hydrogens (tertiary/aromatic N) is 2. The molecule has 2 N–H and O–H groups in total. The van der Waals surface area contributed by atoms with Crippen LogP contribution in [0.15, 0.2) is 23.0 Å². The highest BCUT2D eigenvalue weighted by Crippen LogP contribution is 2.21. The van der Waals surface area contributed by atoms with Crippen molar-refractivity contribution in [2.75, 3.05) is 12.8 Å². The van der Waals surface area contributed by atoms with Gasteiger partial charge in [-0.25, -0.2) is 4.79 Å². The minimum Gasteiger partial charge on any atom is -0.469 e. The number of aromatic nitrogens is 2. The van der Waals surface area contributed by atoms with E-state index in [1.54, 1.807) is 39.0 Å². The highest BCUT2D eigenvalue weighted by molar-refractivity contribution is 5.88. The highest BCUT2D eigenvalue weighted by Gasteiger charge is 2.21. The number of hydrogen-bond acceptors (Lipinski definition) is 6. The van der Waals surface area contributed by atoms with Gasteiger partial charge in [-0.2, -0.15) is 0 Å². The molecule has 0 radical (unpaired) electrons. The number of benzene rings is 1. The van der Waals surface area contributed by atoms with E-state index in [1.165, 1.54) is 16.2 Å². The van der Waals surface area contributed by atoms with Crippen LogP contribution in [0.5, 0.6) is 0 Å². The number of para-hydroxylation sites is 1. The summed E-state index contributed by atoms with van der Waals surface area (Å²) in [6.07, 6.45) is 0.612. The molecule has 0 aliphatic heterocycles. The van der Waals surface area contributed by atoms with Gasteiger partial charge in [0.1, 0.15) is 12.1 Å². The summed E-state index contributed by atoms with van der Waals surface area (Å²) in [5.74, 6) is -0.848. The Morgan fingerprint density at radius 2 is 1.85 bits per heavy atom. The molecule has 0 bridgehead atoms. The first-order valence-corrected chi connectivity index (χ1v) is 8.40. The number of nitrogen functional groups attached to an aromatic ring is 1. The Morgan fingerprint density at radius 3 is 2.46 bits per heavy atom. The normalized spacial score (nSPS) is 11.5. The minimum absolute atomic E-state index is 0.189. The molecule has 0 aliphatic rings. The Labute approximate surface area is 151 Å². The van der Waals surface area contributed by atoms with E-state index in [-0.39, 0.29) is 24.6 Å². The third-order valence-corrected chi connectivity index (χ3v) is 3.77. The molecule has 1 aromatic carbocycles. The SMILES string of the molecule is COC(=O)CCCn1c(=O)n(CC(=O)OC(C)(C)C)c2cccc(N)c21. The summed E-state index contributed by atoms with van der Waals surface area (Å²) in [6.45, 7) is 5.38. The lowest BCUT2D eigenvalue weighted by atomic mass is 10.2. The number of hydrogen-bond donors (Lipinski definition) is 1. The topological polar surface area (TPSA) is 106 Å². The van der Waals surface area contributed by atoms with Gasteiger partial charge in [0, 0.05) is 13.0 Å². The number of rotatable bonds is 6. The zero-order chi connectivity index (χ0) is 19.5. The Kier molecular flexibility index (Phi) is 5.74. The number of nitrogens with two attached hydrogens (primary N) is 1. The van der Waals surface area contributed by atoms with Gasteiger partial charge in [-0.1, -0.05) is 6.07 Å². The second kappa shape index (κ2) is 7.63. The van der Waals surface area contributed by atoms with Gasteiger partial charge < -0.3 is 15.2 Å². The van der Waals surface area contributed by atoms with Gasteiger partial charge in [-0.05, 0) is 39.3 Å². The van der Waals surface area contributed by atoms with E-state index < -0.39 is 11.6 Å². The number of esters is 2. The number of aryl methyl sites for hydroxylation is 1. The molecule has 142 valence electrons. The van der Waals surface area contributed by atoms with E-state index in [2.05, 4.69) is 4.74 Å². The predicted molar refractivity (Wildman–Crippen MR) is 97.7 cm³/mol. The second-order valence-electron chi connectivity index (χ2n) is 7.00. The molecule has 0 saturated heterocycles. The van der Waals surface area contributed by atoms with Crippen molar-refractivity contribution >= 4 is 28.7 Å². The van der Waals surface area contributed by atoms with Crippen molar-refractivity contribution in [2.45, 2.75) is 52.3 Å². The molecule has 26 heavy (non-hydrogen) atoms. The van der Waals surface area contributed by atoms with Gasteiger partial charge in [-0.15, -0.1) is 0 Å². The molecule has 0 spiro atoms. The molecule has 0 amide bonds. The first-order valence-electron chi connectivity index (χ1n) is 8.40. The molecule has 0 aliphatic carbocycles. The first kappa shape index (κ1) is 19.6. The van der Waals surface area contributed by atoms with Crippen LogP contribution < -0.4 is 11.4 Å². The van der Waals surface area contributed by atoms with Crippen LogP contribution in [-0.2, 0) is 32.2 Å². The van der Waals surface area contributed by atoms with Gasteiger partial charge in [0.25, 0.3) is 0 Å². The average molecular weight is 363 g/mol. The van der Waals surface area contributed by atoms with E-state index in [0.717, 1.165) is 0 Å². The molecule has 8 nitrogen and oxygen atoms in total. The van der Waals surface area contributed by atoms with Gasteiger partial charge >= 0.3 is 17.6 Å². The van der Waals surface area contributed by atoms with Crippen molar-refractivity contribution in [3.05, 3.63) is 28.7 Å². The fourth-order valence-electron chi connectivity index (χ4n) is 2.75. The van der Waals surface area contributed by atoms with Crippen molar-refractivity contribution in [1.82, 2.24) is 9.13 Å². The smallest absolute Gasteiger partial charge is 0.329 e. The van der Waals surface area contributed by atoms with E-state index >= 15 is 0 Å². The third kappa shape index (κ3) is 4.44. The van der Waals surface area contributed by atoms with Crippen LogP contribution in [0.2, 0.25) is 0 Å². The predicted octanol–water partition coefficient (Wildman–Crippen LogP) is 1.68. The van der Waals surface area contributed by atoms with Crippen LogP contribution in [0.4, 0.5) is 5.69 Å². The fraction of sp³-hybridized carbons (Fsp3) is 0.500. The third-order valence-electron chi connectivity index (χ3n) is 3.77. The minimum atomic E-state index is -0.640. The Morgan fingerprint density at radius 1 is 1.15 bits per heavy atom. The summed E-state index contributed by atoms with van der Waals surface area (Å²) in [4.78, 5) is 36.3. The standard InChI is InChI=1S/C18H25N3O5/c1-18(2,3)26-15(23)11-21-13-8-5-7-12(19)16(13)20(17(21)24)10-6-9-14(22)25-4/h5,7-8H,6,9-11,19H2,1-4H3. The maximum absolute atomic E-state index is 12.8.